The van der Waals surface area contributed by atoms with Gasteiger partial charge >= 0.3 is 0 Å². The van der Waals surface area contributed by atoms with E-state index in [1.54, 1.807) is 18.1 Å². The van der Waals surface area contributed by atoms with Crippen LogP contribution in [0.2, 0.25) is 0 Å². The topological polar surface area (TPSA) is 81.8 Å². The summed E-state index contributed by atoms with van der Waals surface area (Å²) in [5.74, 6) is 1.36. The summed E-state index contributed by atoms with van der Waals surface area (Å²) < 4.78 is 3.26. The molecule has 8 heteroatoms. The van der Waals surface area contributed by atoms with E-state index in [0.29, 0.717) is 5.95 Å². The first-order valence-corrected chi connectivity index (χ1v) is 10.5. The zero-order valence-corrected chi connectivity index (χ0v) is 17.4. The van der Waals surface area contributed by atoms with Crippen molar-refractivity contribution in [3.63, 3.8) is 0 Å². The van der Waals surface area contributed by atoms with Crippen molar-refractivity contribution in [2.45, 2.75) is 13.5 Å². The van der Waals surface area contributed by atoms with Crippen LogP contribution in [0, 0.1) is 6.92 Å². The Kier molecular flexibility index (Phi) is 5.64. The van der Waals surface area contributed by atoms with Crippen LogP contribution >= 0.6 is 11.9 Å². The molecule has 0 saturated heterocycles. The van der Waals surface area contributed by atoms with Gasteiger partial charge in [-0.05, 0) is 55.1 Å². The Morgan fingerprint density at radius 1 is 1.14 bits per heavy atom. The maximum atomic E-state index is 4.68. The first-order valence-electron chi connectivity index (χ1n) is 9.27. The van der Waals surface area contributed by atoms with Crippen LogP contribution in [0.5, 0.6) is 0 Å². The zero-order valence-electron chi connectivity index (χ0n) is 16.6. The number of nitrogens with one attached hydrogen (secondary N) is 3. The molecule has 0 saturated carbocycles. The van der Waals surface area contributed by atoms with Gasteiger partial charge in [-0.1, -0.05) is 24.1 Å². The van der Waals surface area contributed by atoms with Gasteiger partial charge in [-0.25, -0.2) is 4.98 Å². The number of H-pyrrole nitrogens is 1. The SMILES string of the molecule is CSNCc1cccc(Nc2nccc(N(C)c3ccc4c(C)[nH]nc4c3)n2)c1. The molecule has 2 aromatic carbocycles. The molecular weight excluding hydrogens is 382 g/mol. The number of hydrogen-bond acceptors (Lipinski definition) is 7. The van der Waals surface area contributed by atoms with E-state index < -0.39 is 0 Å². The van der Waals surface area contributed by atoms with Crippen LogP contribution in [0.4, 0.5) is 23.1 Å². The van der Waals surface area contributed by atoms with Crippen LogP contribution in [0.15, 0.2) is 54.7 Å². The minimum Gasteiger partial charge on any atom is -0.329 e. The van der Waals surface area contributed by atoms with Crippen molar-refractivity contribution in [3.05, 3.63) is 66.0 Å². The highest BCUT2D eigenvalue weighted by atomic mass is 32.2. The van der Waals surface area contributed by atoms with Gasteiger partial charge in [-0.2, -0.15) is 10.1 Å². The lowest BCUT2D eigenvalue weighted by molar-refractivity contribution is 0.980. The molecule has 2 aromatic heterocycles. The van der Waals surface area contributed by atoms with Crippen LogP contribution in [-0.4, -0.2) is 33.5 Å². The molecule has 0 aliphatic heterocycles. The second-order valence-corrected chi connectivity index (χ2v) is 7.40. The van der Waals surface area contributed by atoms with E-state index in [1.165, 1.54) is 5.56 Å². The molecular formula is C21H23N7S. The van der Waals surface area contributed by atoms with Crippen LogP contribution in [0.3, 0.4) is 0 Å². The number of aromatic amines is 1. The Morgan fingerprint density at radius 3 is 2.90 bits per heavy atom. The maximum absolute atomic E-state index is 4.68. The summed E-state index contributed by atoms with van der Waals surface area (Å²) in [6.45, 7) is 2.82. The standard InChI is InChI=1S/C21H23N7S/c1-14-18-8-7-17(12-19(18)27-26-14)28(2)20-9-10-22-21(25-20)24-16-6-4-5-15(11-16)13-23-29-3/h4-12,23H,13H2,1-3H3,(H,26,27)(H,22,24,25). The smallest absolute Gasteiger partial charge is 0.229 e. The van der Waals surface area contributed by atoms with Crippen LogP contribution < -0.4 is 14.9 Å². The Labute approximate surface area is 174 Å². The molecule has 148 valence electrons. The molecule has 0 atom stereocenters. The van der Waals surface area contributed by atoms with E-state index >= 15 is 0 Å². The fraction of sp³-hybridized carbons (Fsp3) is 0.190. The lowest BCUT2D eigenvalue weighted by atomic mass is 10.2. The average Bonchev–Trinajstić information content (AvgIpc) is 3.12. The zero-order chi connectivity index (χ0) is 20.2. The molecule has 0 amide bonds. The van der Waals surface area contributed by atoms with Gasteiger partial charge in [0.1, 0.15) is 5.82 Å². The van der Waals surface area contributed by atoms with E-state index in [4.69, 9.17) is 0 Å². The summed E-state index contributed by atoms with van der Waals surface area (Å²) in [5, 5.41) is 11.8. The molecule has 0 spiro atoms. The largest absolute Gasteiger partial charge is 0.329 e. The van der Waals surface area contributed by atoms with Crippen molar-refractivity contribution in [2.24, 2.45) is 0 Å². The number of benzene rings is 2. The van der Waals surface area contributed by atoms with Gasteiger partial charge in [0.05, 0.1) is 5.52 Å². The Balaban J connectivity index is 1.54. The molecule has 4 aromatic rings. The molecule has 0 radical (unpaired) electrons. The van der Waals surface area contributed by atoms with E-state index in [0.717, 1.165) is 40.3 Å². The monoisotopic (exact) mass is 405 g/mol. The number of hydrogen-bond donors (Lipinski definition) is 3. The predicted octanol–water partition coefficient (Wildman–Crippen LogP) is 4.54. The highest BCUT2D eigenvalue weighted by Crippen LogP contribution is 2.27. The van der Waals surface area contributed by atoms with Crippen molar-refractivity contribution < 1.29 is 0 Å². The highest BCUT2D eigenvalue weighted by Gasteiger charge is 2.10. The maximum Gasteiger partial charge on any atom is 0.229 e. The quantitative estimate of drug-likeness (QED) is 0.389. The molecule has 7 nitrogen and oxygen atoms in total. The van der Waals surface area contributed by atoms with Gasteiger partial charge in [0, 0.05) is 42.2 Å². The van der Waals surface area contributed by atoms with Gasteiger partial charge in [-0.15, -0.1) is 0 Å². The van der Waals surface area contributed by atoms with Crippen molar-refractivity contribution in [2.75, 3.05) is 23.5 Å². The summed E-state index contributed by atoms with van der Waals surface area (Å²) in [6, 6.07) is 16.3. The first kappa shape index (κ1) is 19.2. The summed E-state index contributed by atoms with van der Waals surface area (Å²) in [7, 11) is 1.99. The van der Waals surface area contributed by atoms with Gasteiger partial charge in [-0.3, -0.25) is 9.82 Å². The van der Waals surface area contributed by atoms with Crippen LogP contribution in [-0.2, 0) is 6.54 Å². The van der Waals surface area contributed by atoms with Crippen molar-refractivity contribution in [1.29, 1.82) is 0 Å². The average molecular weight is 406 g/mol. The second-order valence-electron chi connectivity index (χ2n) is 6.70. The minimum atomic E-state index is 0.556. The van der Waals surface area contributed by atoms with Gasteiger partial charge in [0.15, 0.2) is 0 Å². The number of rotatable bonds is 7. The third-order valence-electron chi connectivity index (χ3n) is 4.70. The summed E-state index contributed by atoms with van der Waals surface area (Å²) in [4.78, 5) is 11.1. The number of aromatic nitrogens is 4. The Morgan fingerprint density at radius 2 is 2.03 bits per heavy atom. The minimum absolute atomic E-state index is 0.556. The molecule has 29 heavy (non-hydrogen) atoms. The third-order valence-corrected chi connectivity index (χ3v) is 5.14. The number of fused-ring (bicyclic) bond motifs is 1. The lowest BCUT2D eigenvalue weighted by Gasteiger charge is -2.19. The summed E-state index contributed by atoms with van der Waals surface area (Å²) >= 11 is 1.60. The Bertz CT molecular complexity index is 1120. The fourth-order valence-corrected chi connectivity index (χ4v) is 3.43. The number of nitrogens with zero attached hydrogens (tertiary/aromatic N) is 4. The summed E-state index contributed by atoms with van der Waals surface area (Å²) in [5.41, 5.74) is 5.17. The predicted molar refractivity (Wildman–Crippen MR) is 121 cm³/mol. The van der Waals surface area contributed by atoms with Crippen LogP contribution in [0.25, 0.3) is 10.9 Å². The van der Waals surface area contributed by atoms with E-state index in [9.17, 15) is 0 Å². The molecule has 0 aliphatic carbocycles. The van der Waals surface area contributed by atoms with E-state index in [-0.39, 0.29) is 0 Å². The van der Waals surface area contributed by atoms with Crippen molar-refractivity contribution in [3.8, 4) is 0 Å². The molecule has 0 unspecified atom stereocenters. The van der Waals surface area contributed by atoms with Gasteiger partial charge < -0.3 is 10.2 Å². The molecule has 0 fully saturated rings. The molecule has 4 rings (SSSR count). The third kappa shape index (κ3) is 4.33. The Hall–Kier alpha value is -3.10. The highest BCUT2D eigenvalue weighted by molar-refractivity contribution is 7.96. The summed E-state index contributed by atoms with van der Waals surface area (Å²) in [6.07, 6.45) is 3.78. The lowest BCUT2D eigenvalue weighted by Crippen LogP contribution is -2.12. The van der Waals surface area contributed by atoms with Crippen LogP contribution in [0.1, 0.15) is 11.3 Å². The number of aryl methyl sites for hydroxylation is 1. The fourth-order valence-electron chi connectivity index (χ4n) is 3.11. The van der Waals surface area contributed by atoms with Gasteiger partial charge in [0.25, 0.3) is 0 Å². The molecule has 2 heterocycles. The van der Waals surface area contributed by atoms with E-state index in [1.807, 2.05) is 43.3 Å². The van der Waals surface area contributed by atoms with Gasteiger partial charge in [0.2, 0.25) is 5.95 Å². The van der Waals surface area contributed by atoms with Crippen molar-refractivity contribution >= 4 is 46.0 Å². The first-order chi connectivity index (χ1) is 14.1. The molecule has 0 bridgehead atoms. The normalized spacial score (nSPS) is 11.0. The molecule has 3 N–H and O–H groups in total. The van der Waals surface area contributed by atoms with Crippen molar-refractivity contribution in [1.82, 2.24) is 24.9 Å². The number of anilines is 4. The van der Waals surface area contributed by atoms with E-state index in [2.05, 4.69) is 60.5 Å². The molecule has 0 aliphatic rings. The second kappa shape index (κ2) is 8.50.